The molecule has 0 spiro atoms. The maximum absolute atomic E-state index is 13.8. The molecular weight excluding hydrogens is 325 g/mol. The third-order valence-electron chi connectivity index (χ3n) is 5.78. The molecule has 1 aliphatic rings. The van der Waals surface area contributed by atoms with Crippen molar-refractivity contribution in [1.82, 2.24) is 0 Å². The molecule has 3 heteroatoms. The smallest absolute Gasteiger partial charge is 0.132 e. The summed E-state index contributed by atoms with van der Waals surface area (Å²) in [5.41, 5.74) is 2.38. The fourth-order valence-electron chi connectivity index (χ4n) is 4.11. The van der Waals surface area contributed by atoms with Crippen molar-refractivity contribution in [3.05, 3.63) is 71.5 Å². The second-order valence-corrected chi connectivity index (χ2v) is 7.88. The summed E-state index contributed by atoms with van der Waals surface area (Å²) in [6.45, 7) is 7.01. The average molecular weight is 357 g/mol. The molecule has 140 valence electrons. The molecule has 0 unspecified atom stereocenters. The first-order chi connectivity index (χ1) is 12.6. The van der Waals surface area contributed by atoms with E-state index in [1.54, 1.807) is 12.1 Å². The van der Waals surface area contributed by atoms with Crippen LogP contribution in [-0.2, 0) is 16.7 Å². The Hall–Kier alpha value is -1.71. The second-order valence-electron chi connectivity index (χ2n) is 7.88. The van der Waals surface area contributed by atoms with Gasteiger partial charge in [0.25, 0.3) is 0 Å². The van der Waals surface area contributed by atoms with Crippen LogP contribution in [-0.4, -0.2) is 19.3 Å². The molecule has 0 amide bonds. The predicted molar refractivity (Wildman–Crippen MR) is 103 cm³/mol. The van der Waals surface area contributed by atoms with Gasteiger partial charge in [0.05, 0.1) is 12.6 Å². The molecular formula is C23H31FNO+. The summed E-state index contributed by atoms with van der Waals surface area (Å²) >= 11 is 0. The van der Waals surface area contributed by atoms with Crippen molar-refractivity contribution in [3.8, 4) is 0 Å². The van der Waals surface area contributed by atoms with Crippen molar-refractivity contribution in [2.24, 2.45) is 5.92 Å². The lowest BCUT2D eigenvalue weighted by atomic mass is 9.68. The molecule has 1 saturated heterocycles. The summed E-state index contributed by atoms with van der Waals surface area (Å²) in [6, 6.07) is 18.0. The van der Waals surface area contributed by atoms with Crippen molar-refractivity contribution in [3.63, 3.8) is 0 Å². The van der Waals surface area contributed by atoms with Gasteiger partial charge in [0.1, 0.15) is 12.4 Å². The first-order valence-corrected chi connectivity index (χ1v) is 9.83. The van der Waals surface area contributed by atoms with Gasteiger partial charge in [-0.3, -0.25) is 0 Å². The number of benzene rings is 2. The van der Waals surface area contributed by atoms with Crippen LogP contribution in [0.25, 0.3) is 0 Å². The largest absolute Gasteiger partial charge is 0.378 e. The van der Waals surface area contributed by atoms with E-state index in [2.05, 4.69) is 49.5 Å². The van der Waals surface area contributed by atoms with Crippen LogP contribution in [0.4, 0.5) is 4.39 Å². The Morgan fingerprint density at radius 2 is 1.85 bits per heavy atom. The molecule has 1 fully saturated rings. The summed E-state index contributed by atoms with van der Waals surface area (Å²) < 4.78 is 19.9. The third kappa shape index (κ3) is 4.52. The zero-order valence-electron chi connectivity index (χ0n) is 16.0. The number of hydrogen-bond acceptors (Lipinski definition) is 1. The van der Waals surface area contributed by atoms with E-state index in [0.717, 1.165) is 38.0 Å². The highest BCUT2D eigenvalue weighted by molar-refractivity contribution is 5.26. The normalized spacial score (nSPS) is 23.3. The molecule has 0 bridgehead atoms. The molecule has 1 heterocycles. The predicted octanol–water partition coefficient (Wildman–Crippen LogP) is 4.05. The third-order valence-corrected chi connectivity index (χ3v) is 5.78. The zero-order valence-corrected chi connectivity index (χ0v) is 16.0. The van der Waals surface area contributed by atoms with Crippen molar-refractivity contribution < 1.29 is 14.4 Å². The van der Waals surface area contributed by atoms with Gasteiger partial charge in [-0.2, -0.15) is 0 Å². The van der Waals surface area contributed by atoms with E-state index in [4.69, 9.17) is 4.74 Å². The number of hydrogen-bond donors (Lipinski definition) is 1. The minimum Gasteiger partial charge on any atom is -0.378 e. The highest BCUT2D eigenvalue weighted by atomic mass is 19.1. The highest BCUT2D eigenvalue weighted by Gasteiger charge is 2.39. The Morgan fingerprint density at radius 1 is 1.12 bits per heavy atom. The van der Waals surface area contributed by atoms with Gasteiger partial charge in [-0.05, 0) is 30.4 Å². The topological polar surface area (TPSA) is 25.8 Å². The van der Waals surface area contributed by atoms with Crippen molar-refractivity contribution in [2.45, 2.75) is 51.2 Å². The van der Waals surface area contributed by atoms with Crippen molar-refractivity contribution in [2.75, 3.05) is 13.2 Å². The standard InChI is InChI=1S/C23H30FNO/c1-18(2)22-16-23(13-15-26-22,20-9-4-3-5-10-20)12-14-25-17-19-8-6-7-11-21(19)24/h3-11,18,22,25H,12-17H2,1-2H3/p+1/t22-,23+/m1/s1. The quantitative estimate of drug-likeness (QED) is 0.744. The maximum Gasteiger partial charge on any atom is 0.132 e. The fraction of sp³-hybridized carbons (Fsp3) is 0.478. The molecule has 0 radical (unpaired) electrons. The highest BCUT2D eigenvalue weighted by Crippen LogP contribution is 2.41. The van der Waals surface area contributed by atoms with Gasteiger partial charge < -0.3 is 10.1 Å². The van der Waals surface area contributed by atoms with Gasteiger partial charge >= 0.3 is 0 Å². The van der Waals surface area contributed by atoms with Gasteiger partial charge in [-0.25, -0.2) is 4.39 Å². The van der Waals surface area contributed by atoms with E-state index in [9.17, 15) is 4.39 Å². The van der Waals surface area contributed by atoms with Crippen LogP contribution < -0.4 is 5.32 Å². The second kappa shape index (κ2) is 8.79. The van der Waals surface area contributed by atoms with Gasteiger partial charge in [0, 0.05) is 24.0 Å². The van der Waals surface area contributed by atoms with Gasteiger partial charge in [0.2, 0.25) is 0 Å². The Labute approximate surface area is 156 Å². The first kappa shape index (κ1) is 19.1. The summed E-state index contributed by atoms with van der Waals surface area (Å²) in [7, 11) is 0. The minimum atomic E-state index is -0.104. The molecule has 2 aromatic carbocycles. The van der Waals surface area contributed by atoms with Crippen LogP contribution in [0.5, 0.6) is 0 Å². The Bertz CT molecular complexity index is 688. The monoisotopic (exact) mass is 356 g/mol. The fourth-order valence-corrected chi connectivity index (χ4v) is 4.11. The molecule has 2 atom stereocenters. The minimum absolute atomic E-state index is 0.104. The van der Waals surface area contributed by atoms with E-state index in [1.165, 1.54) is 5.56 Å². The van der Waals surface area contributed by atoms with Crippen LogP contribution in [0, 0.1) is 11.7 Å². The van der Waals surface area contributed by atoms with Crippen molar-refractivity contribution in [1.29, 1.82) is 0 Å². The number of nitrogens with two attached hydrogens (primary N) is 1. The lowest BCUT2D eigenvalue weighted by molar-refractivity contribution is -0.672. The van der Waals surface area contributed by atoms with Gasteiger partial charge in [-0.1, -0.05) is 62.4 Å². The molecule has 2 N–H and O–H groups in total. The summed E-state index contributed by atoms with van der Waals surface area (Å²) in [5, 5.41) is 2.24. The van der Waals surface area contributed by atoms with Gasteiger partial charge in [0.15, 0.2) is 0 Å². The number of quaternary nitrogens is 1. The summed E-state index contributed by atoms with van der Waals surface area (Å²) in [5.74, 6) is 0.424. The van der Waals surface area contributed by atoms with Gasteiger partial charge in [-0.15, -0.1) is 0 Å². The van der Waals surface area contributed by atoms with Crippen LogP contribution >= 0.6 is 0 Å². The average Bonchev–Trinajstić information content (AvgIpc) is 2.67. The molecule has 3 rings (SSSR count). The number of ether oxygens (including phenoxy) is 1. The molecule has 1 aliphatic heterocycles. The SMILES string of the molecule is CC(C)[C@H]1C[C@@](CC[NH2+]Cc2ccccc2F)(c2ccccc2)CCO1. The Kier molecular flexibility index (Phi) is 6.44. The molecule has 0 saturated carbocycles. The Balaban J connectivity index is 1.67. The Morgan fingerprint density at radius 3 is 2.58 bits per heavy atom. The van der Waals surface area contributed by atoms with E-state index in [0.29, 0.717) is 18.6 Å². The zero-order chi connectivity index (χ0) is 18.4. The summed E-state index contributed by atoms with van der Waals surface area (Å²) in [4.78, 5) is 0. The molecule has 0 aromatic heterocycles. The van der Waals surface area contributed by atoms with E-state index >= 15 is 0 Å². The van der Waals surface area contributed by atoms with Crippen LogP contribution in [0.2, 0.25) is 0 Å². The number of halogens is 1. The van der Waals surface area contributed by atoms with Crippen LogP contribution in [0.15, 0.2) is 54.6 Å². The van der Waals surface area contributed by atoms with Crippen LogP contribution in [0.3, 0.4) is 0 Å². The summed E-state index contributed by atoms with van der Waals surface area (Å²) in [6.07, 6.45) is 3.55. The lowest BCUT2D eigenvalue weighted by Gasteiger charge is -2.42. The van der Waals surface area contributed by atoms with Crippen LogP contribution in [0.1, 0.15) is 44.2 Å². The van der Waals surface area contributed by atoms with Crippen molar-refractivity contribution >= 4 is 0 Å². The molecule has 2 aromatic rings. The maximum atomic E-state index is 13.8. The molecule has 26 heavy (non-hydrogen) atoms. The van der Waals surface area contributed by atoms with E-state index in [-0.39, 0.29) is 11.2 Å². The molecule has 2 nitrogen and oxygen atoms in total. The lowest BCUT2D eigenvalue weighted by Crippen LogP contribution is -2.83. The van der Waals surface area contributed by atoms with E-state index < -0.39 is 0 Å². The first-order valence-electron chi connectivity index (χ1n) is 9.83. The number of rotatable bonds is 7. The van der Waals surface area contributed by atoms with E-state index in [1.807, 2.05) is 12.1 Å². The molecule has 0 aliphatic carbocycles.